The van der Waals surface area contributed by atoms with E-state index in [-0.39, 0.29) is 6.10 Å². The summed E-state index contributed by atoms with van der Waals surface area (Å²) in [7, 11) is 0. The van der Waals surface area contributed by atoms with Gasteiger partial charge in [0.25, 0.3) is 0 Å². The Hall–Kier alpha value is -0.800. The van der Waals surface area contributed by atoms with Crippen LogP contribution in [0.4, 0.5) is 0 Å². The molecule has 2 aromatic rings. The molecule has 0 saturated heterocycles. The van der Waals surface area contributed by atoms with Crippen LogP contribution in [0.2, 0.25) is 0 Å². The number of rotatable bonds is 2. The van der Waals surface area contributed by atoms with Crippen molar-refractivity contribution in [2.24, 2.45) is 0 Å². The Bertz CT molecular complexity index is 447. The van der Waals surface area contributed by atoms with Crippen molar-refractivity contribution in [1.29, 1.82) is 0 Å². The SMILES string of the molecule is CC(O)Cc1c[nH]c2c(Br)cccc12. The largest absolute Gasteiger partial charge is 0.393 e. The summed E-state index contributed by atoms with van der Waals surface area (Å²) in [4.78, 5) is 3.20. The number of hydrogen-bond donors (Lipinski definition) is 2. The number of aromatic amines is 1. The van der Waals surface area contributed by atoms with E-state index in [4.69, 9.17) is 0 Å². The Balaban J connectivity index is 2.52. The molecule has 1 heterocycles. The van der Waals surface area contributed by atoms with E-state index >= 15 is 0 Å². The molecule has 0 spiro atoms. The smallest absolute Gasteiger partial charge is 0.0601 e. The first-order valence-electron chi connectivity index (χ1n) is 4.61. The van der Waals surface area contributed by atoms with Crippen LogP contribution in [0.5, 0.6) is 0 Å². The Morgan fingerprint density at radius 2 is 2.29 bits per heavy atom. The maximum atomic E-state index is 9.33. The van der Waals surface area contributed by atoms with Crippen LogP contribution < -0.4 is 0 Å². The molecule has 2 rings (SSSR count). The summed E-state index contributed by atoms with van der Waals surface area (Å²) in [5.41, 5.74) is 2.26. The number of aliphatic hydroxyl groups is 1. The van der Waals surface area contributed by atoms with E-state index < -0.39 is 0 Å². The second-order valence-electron chi connectivity index (χ2n) is 3.53. The van der Waals surface area contributed by atoms with Crippen molar-refractivity contribution in [2.75, 3.05) is 0 Å². The predicted molar refractivity (Wildman–Crippen MR) is 61.4 cm³/mol. The summed E-state index contributed by atoms with van der Waals surface area (Å²) in [5.74, 6) is 0. The summed E-state index contributed by atoms with van der Waals surface area (Å²) < 4.78 is 1.06. The minimum Gasteiger partial charge on any atom is -0.393 e. The molecular weight excluding hydrogens is 242 g/mol. The van der Waals surface area contributed by atoms with E-state index in [1.807, 2.05) is 18.3 Å². The van der Waals surface area contributed by atoms with Crippen LogP contribution in [0, 0.1) is 0 Å². The highest BCUT2D eigenvalue weighted by atomic mass is 79.9. The number of H-pyrrole nitrogens is 1. The van der Waals surface area contributed by atoms with Gasteiger partial charge in [-0.25, -0.2) is 0 Å². The summed E-state index contributed by atoms with van der Waals surface area (Å²) in [6.45, 7) is 1.80. The Morgan fingerprint density at radius 1 is 1.50 bits per heavy atom. The Kier molecular flexibility index (Phi) is 2.61. The van der Waals surface area contributed by atoms with Gasteiger partial charge in [-0.2, -0.15) is 0 Å². The molecule has 0 aliphatic carbocycles. The van der Waals surface area contributed by atoms with E-state index in [9.17, 15) is 5.11 Å². The van der Waals surface area contributed by atoms with Gasteiger partial charge in [-0.3, -0.25) is 0 Å². The van der Waals surface area contributed by atoms with Gasteiger partial charge in [0.2, 0.25) is 0 Å². The van der Waals surface area contributed by atoms with Crippen LogP contribution >= 0.6 is 15.9 Å². The molecule has 1 aromatic heterocycles. The lowest BCUT2D eigenvalue weighted by Crippen LogP contribution is -2.03. The van der Waals surface area contributed by atoms with Crippen molar-refractivity contribution >= 4 is 26.8 Å². The monoisotopic (exact) mass is 253 g/mol. The molecule has 0 amide bonds. The van der Waals surface area contributed by atoms with Crippen LogP contribution in [0.3, 0.4) is 0 Å². The van der Waals surface area contributed by atoms with Gasteiger partial charge in [-0.05, 0) is 34.5 Å². The molecule has 74 valence electrons. The predicted octanol–water partition coefficient (Wildman–Crippen LogP) is 2.85. The third-order valence-corrected chi connectivity index (χ3v) is 2.93. The highest BCUT2D eigenvalue weighted by Crippen LogP contribution is 2.26. The lowest BCUT2D eigenvalue weighted by molar-refractivity contribution is 0.196. The van der Waals surface area contributed by atoms with Crippen LogP contribution in [0.15, 0.2) is 28.9 Å². The van der Waals surface area contributed by atoms with Crippen molar-refractivity contribution in [2.45, 2.75) is 19.4 Å². The number of halogens is 1. The van der Waals surface area contributed by atoms with Gasteiger partial charge in [-0.15, -0.1) is 0 Å². The first-order valence-corrected chi connectivity index (χ1v) is 5.40. The van der Waals surface area contributed by atoms with Crippen LogP contribution in [-0.2, 0) is 6.42 Å². The van der Waals surface area contributed by atoms with Crippen LogP contribution in [0.25, 0.3) is 10.9 Å². The number of nitrogens with one attached hydrogen (secondary N) is 1. The summed E-state index contributed by atoms with van der Waals surface area (Å²) >= 11 is 3.48. The zero-order valence-electron chi connectivity index (χ0n) is 7.92. The van der Waals surface area contributed by atoms with Crippen molar-refractivity contribution in [3.8, 4) is 0 Å². The molecule has 1 unspecified atom stereocenters. The normalized spacial score (nSPS) is 13.4. The topological polar surface area (TPSA) is 36.0 Å². The number of hydrogen-bond acceptors (Lipinski definition) is 1. The molecule has 0 fully saturated rings. The molecule has 1 aromatic carbocycles. The molecule has 14 heavy (non-hydrogen) atoms. The van der Waals surface area contributed by atoms with Crippen LogP contribution in [0.1, 0.15) is 12.5 Å². The lowest BCUT2D eigenvalue weighted by atomic mass is 10.1. The average Bonchev–Trinajstić information content (AvgIpc) is 2.49. The van der Waals surface area contributed by atoms with Crippen molar-refractivity contribution in [1.82, 2.24) is 4.98 Å². The molecule has 0 saturated carbocycles. The molecule has 2 nitrogen and oxygen atoms in total. The maximum Gasteiger partial charge on any atom is 0.0601 e. The molecule has 0 bridgehead atoms. The molecule has 3 heteroatoms. The second-order valence-corrected chi connectivity index (χ2v) is 4.38. The average molecular weight is 254 g/mol. The van der Waals surface area contributed by atoms with Crippen molar-refractivity contribution in [3.63, 3.8) is 0 Å². The van der Waals surface area contributed by atoms with Crippen LogP contribution in [-0.4, -0.2) is 16.2 Å². The number of fused-ring (bicyclic) bond motifs is 1. The summed E-state index contributed by atoms with van der Waals surface area (Å²) in [6.07, 6.45) is 2.35. The van der Waals surface area contributed by atoms with Crippen molar-refractivity contribution in [3.05, 3.63) is 34.4 Å². The van der Waals surface area contributed by atoms with Gasteiger partial charge in [0, 0.05) is 22.5 Å². The fraction of sp³-hybridized carbons (Fsp3) is 0.273. The Labute approximate surface area is 91.1 Å². The molecule has 0 radical (unpaired) electrons. The van der Waals surface area contributed by atoms with Gasteiger partial charge in [-0.1, -0.05) is 12.1 Å². The third kappa shape index (κ3) is 1.70. The fourth-order valence-electron chi connectivity index (χ4n) is 1.66. The van der Waals surface area contributed by atoms with E-state index in [0.29, 0.717) is 6.42 Å². The van der Waals surface area contributed by atoms with Gasteiger partial charge < -0.3 is 10.1 Å². The first-order chi connectivity index (χ1) is 6.68. The minimum atomic E-state index is -0.298. The summed E-state index contributed by atoms with van der Waals surface area (Å²) in [6, 6.07) is 6.07. The second kappa shape index (κ2) is 3.75. The number of aromatic nitrogens is 1. The minimum absolute atomic E-state index is 0.298. The number of aliphatic hydroxyl groups excluding tert-OH is 1. The molecule has 1 atom stereocenters. The summed E-state index contributed by atoms with van der Waals surface area (Å²) in [5, 5.41) is 10.5. The fourth-order valence-corrected chi connectivity index (χ4v) is 2.14. The molecule has 0 aliphatic heterocycles. The van der Waals surface area contributed by atoms with Crippen molar-refractivity contribution < 1.29 is 5.11 Å². The highest BCUT2D eigenvalue weighted by Gasteiger charge is 2.07. The van der Waals surface area contributed by atoms with E-state index in [0.717, 1.165) is 15.6 Å². The molecule has 0 aliphatic rings. The zero-order valence-corrected chi connectivity index (χ0v) is 9.51. The number of para-hydroxylation sites is 1. The van der Waals surface area contributed by atoms with Gasteiger partial charge in [0.05, 0.1) is 11.6 Å². The Morgan fingerprint density at radius 3 is 3.00 bits per heavy atom. The standard InChI is InChI=1S/C11H12BrNO/c1-7(14)5-8-6-13-11-9(8)3-2-4-10(11)12/h2-4,6-7,13-14H,5H2,1H3. The van der Waals surface area contributed by atoms with Gasteiger partial charge >= 0.3 is 0 Å². The number of benzene rings is 1. The third-order valence-electron chi connectivity index (χ3n) is 2.27. The molecule has 2 N–H and O–H groups in total. The molecular formula is C11H12BrNO. The van der Waals surface area contributed by atoms with Gasteiger partial charge in [0.15, 0.2) is 0 Å². The lowest BCUT2D eigenvalue weighted by Gasteiger charge is -2.02. The first kappa shape index (κ1) is 9.74. The quantitative estimate of drug-likeness (QED) is 0.849. The van der Waals surface area contributed by atoms with E-state index in [2.05, 4.69) is 27.0 Å². The van der Waals surface area contributed by atoms with E-state index in [1.54, 1.807) is 6.92 Å². The zero-order chi connectivity index (χ0) is 10.1. The van der Waals surface area contributed by atoms with Gasteiger partial charge in [0.1, 0.15) is 0 Å². The maximum absolute atomic E-state index is 9.33. The highest BCUT2D eigenvalue weighted by molar-refractivity contribution is 9.10. The van der Waals surface area contributed by atoms with E-state index in [1.165, 1.54) is 5.39 Å².